The normalized spacial score (nSPS) is 25.5. The van der Waals surface area contributed by atoms with Crippen LogP contribution >= 0.6 is 24.0 Å². The Hall–Kier alpha value is -0.930. The highest BCUT2D eigenvalue weighted by Gasteiger charge is 2.31. The number of halogens is 2. The molecule has 0 aromatic heterocycles. The quantitative estimate of drug-likeness (QED) is 0.388. The molecule has 0 spiro atoms. The molecule has 1 unspecified atom stereocenters. The molecule has 1 aromatic carbocycles. The van der Waals surface area contributed by atoms with E-state index in [4.69, 9.17) is 0 Å². The predicted octanol–water partition coefficient (Wildman–Crippen LogP) is 1.89. The first-order valence-electron chi connectivity index (χ1n) is 9.15. The van der Waals surface area contributed by atoms with Crippen molar-refractivity contribution in [2.24, 2.45) is 4.99 Å². The summed E-state index contributed by atoms with van der Waals surface area (Å²) in [6, 6.07) is 7.38. The van der Waals surface area contributed by atoms with Crippen molar-refractivity contribution in [1.29, 1.82) is 0 Å². The fraction of sp³-hybridized carbons (Fsp3) is 0.632. The standard InChI is InChI=1S/C19H30FN5.HI/c1-19(2,15-5-4-6-16(20)11-15)14-23-18(21-3)22-12-17-13-24-7-9-25(17)10-8-24;/h4-6,11,17H,7-10,12-14H2,1-3H3,(H2,21,22,23);1H. The number of nitrogens with one attached hydrogen (secondary N) is 2. The Kier molecular flexibility index (Phi) is 7.66. The van der Waals surface area contributed by atoms with Crippen molar-refractivity contribution < 1.29 is 4.39 Å². The molecule has 0 amide bonds. The summed E-state index contributed by atoms with van der Waals surface area (Å²) < 4.78 is 13.5. The third-order valence-corrected chi connectivity index (χ3v) is 5.42. The SMILES string of the molecule is CN=C(NCC1CN2CCN1CC2)NCC(C)(C)c1cccc(F)c1.I. The molecule has 2 N–H and O–H groups in total. The highest BCUT2D eigenvalue weighted by atomic mass is 127. The molecule has 7 heteroatoms. The molecule has 0 saturated carbocycles. The molecule has 26 heavy (non-hydrogen) atoms. The monoisotopic (exact) mass is 475 g/mol. The number of aliphatic imine (C=N–C) groups is 1. The van der Waals surface area contributed by atoms with Gasteiger partial charge in [0.25, 0.3) is 0 Å². The molecule has 1 atom stereocenters. The summed E-state index contributed by atoms with van der Waals surface area (Å²) in [5.41, 5.74) is 0.803. The second-order valence-corrected chi connectivity index (χ2v) is 7.69. The van der Waals surface area contributed by atoms with Crippen LogP contribution in [0.3, 0.4) is 0 Å². The summed E-state index contributed by atoms with van der Waals surface area (Å²) >= 11 is 0. The summed E-state index contributed by atoms with van der Waals surface area (Å²) in [5.74, 6) is 0.617. The number of piperazine rings is 3. The number of nitrogens with zero attached hydrogens (tertiary/aromatic N) is 3. The molecular weight excluding hydrogens is 444 g/mol. The van der Waals surface area contributed by atoms with Crippen molar-refractivity contribution in [3.05, 3.63) is 35.6 Å². The molecule has 4 rings (SSSR count). The summed E-state index contributed by atoms with van der Waals surface area (Å²) in [6.07, 6.45) is 0. The average molecular weight is 475 g/mol. The van der Waals surface area contributed by atoms with Crippen molar-refractivity contribution in [3.63, 3.8) is 0 Å². The zero-order valence-corrected chi connectivity index (χ0v) is 18.3. The fourth-order valence-electron chi connectivity index (χ4n) is 3.67. The zero-order chi connectivity index (χ0) is 17.9. The Labute approximate surface area is 173 Å². The van der Waals surface area contributed by atoms with E-state index in [1.807, 2.05) is 6.07 Å². The fourth-order valence-corrected chi connectivity index (χ4v) is 3.67. The average Bonchev–Trinajstić information content (AvgIpc) is 2.63. The van der Waals surface area contributed by atoms with Crippen LogP contribution in [0.2, 0.25) is 0 Å². The van der Waals surface area contributed by atoms with Gasteiger partial charge in [-0.1, -0.05) is 26.0 Å². The maximum atomic E-state index is 13.5. The maximum Gasteiger partial charge on any atom is 0.191 e. The van der Waals surface area contributed by atoms with Crippen LogP contribution in [0.5, 0.6) is 0 Å². The molecule has 0 aliphatic carbocycles. The lowest BCUT2D eigenvalue weighted by atomic mass is 9.84. The topological polar surface area (TPSA) is 42.9 Å². The van der Waals surface area contributed by atoms with E-state index >= 15 is 0 Å². The molecule has 0 radical (unpaired) electrons. The Morgan fingerprint density at radius 2 is 1.96 bits per heavy atom. The third-order valence-electron chi connectivity index (χ3n) is 5.42. The van der Waals surface area contributed by atoms with E-state index in [2.05, 4.69) is 39.3 Å². The number of hydrogen-bond donors (Lipinski definition) is 2. The Morgan fingerprint density at radius 3 is 2.54 bits per heavy atom. The van der Waals surface area contributed by atoms with Gasteiger partial charge in [-0.3, -0.25) is 14.8 Å². The Bertz CT molecular complexity index is 614. The maximum absolute atomic E-state index is 13.5. The highest BCUT2D eigenvalue weighted by Crippen LogP contribution is 2.22. The molecule has 1 aromatic rings. The number of fused-ring (bicyclic) bond motifs is 3. The minimum atomic E-state index is -0.190. The molecular formula is C19H31FIN5. The molecule has 3 fully saturated rings. The van der Waals surface area contributed by atoms with Crippen LogP contribution < -0.4 is 10.6 Å². The number of benzene rings is 1. The second-order valence-electron chi connectivity index (χ2n) is 7.69. The Morgan fingerprint density at radius 1 is 1.23 bits per heavy atom. The van der Waals surface area contributed by atoms with Crippen molar-refractivity contribution in [2.45, 2.75) is 25.3 Å². The molecule has 146 valence electrons. The van der Waals surface area contributed by atoms with E-state index in [1.54, 1.807) is 19.2 Å². The number of guanidine groups is 1. The third kappa shape index (κ3) is 5.29. The van der Waals surface area contributed by atoms with Crippen LogP contribution in [-0.2, 0) is 5.41 Å². The van der Waals surface area contributed by atoms with Gasteiger partial charge in [-0.15, -0.1) is 24.0 Å². The first-order valence-corrected chi connectivity index (χ1v) is 9.15. The summed E-state index contributed by atoms with van der Waals surface area (Å²) in [7, 11) is 1.79. The summed E-state index contributed by atoms with van der Waals surface area (Å²) in [6.45, 7) is 11.7. The van der Waals surface area contributed by atoms with Gasteiger partial charge in [0.2, 0.25) is 0 Å². The Balaban J connectivity index is 0.00000243. The van der Waals surface area contributed by atoms with Crippen LogP contribution in [0.25, 0.3) is 0 Å². The second kappa shape index (κ2) is 9.32. The van der Waals surface area contributed by atoms with Gasteiger partial charge >= 0.3 is 0 Å². The zero-order valence-electron chi connectivity index (χ0n) is 16.0. The van der Waals surface area contributed by atoms with Gasteiger partial charge in [-0.05, 0) is 17.7 Å². The minimum absolute atomic E-state index is 0. The largest absolute Gasteiger partial charge is 0.356 e. The van der Waals surface area contributed by atoms with Gasteiger partial charge in [-0.25, -0.2) is 4.39 Å². The van der Waals surface area contributed by atoms with Gasteiger partial charge in [0, 0.05) is 64.3 Å². The van der Waals surface area contributed by atoms with E-state index in [0.717, 1.165) is 24.6 Å². The summed E-state index contributed by atoms with van der Waals surface area (Å²) in [4.78, 5) is 9.44. The predicted molar refractivity (Wildman–Crippen MR) is 116 cm³/mol. The van der Waals surface area contributed by atoms with E-state index < -0.39 is 0 Å². The number of hydrogen-bond acceptors (Lipinski definition) is 3. The van der Waals surface area contributed by atoms with E-state index in [9.17, 15) is 4.39 Å². The first-order chi connectivity index (χ1) is 12.0. The van der Waals surface area contributed by atoms with Gasteiger partial charge < -0.3 is 10.6 Å². The smallest absolute Gasteiger partial charge is 0.191 e. The molecule has 3 heterocycles. The van der Waals surface area contributed by atoms with E-state index in [1.165, 1.54) is 32.2 Å². The van der Waals surface area contributed by atoms with E-state index in [0.29, 0.717) is 12.6 Å². The van der Waals surface area contributed by atoms with Gasteiger partial charge in [0.15, 0.2) is 5.96 Å². The molecule has 3 saturated heterocycles. The van der Waals surface area contributed by atoms with Crippen LogP contribution in [0.1, 0.15) is 19.4 Å². The lowest BCUT2D eigenvalue weighted by molar-refractivity contribution is 0.0154. The van der Waals surface area contributed by atoms with Crippen LogP contribution in [0, 0.1) is 5.82 Å². The van der Waals surface area contributed by atoms with Crippen molar-refractivity contribution in [3.8, 4) is 0 Å². The molecule has 5 nitrogen and oxygen atoms in total. The van der Waals surface area contributed by atoms with Gasteiger partial charge in [0.1, 0.15) is 5.82 Å². The summed E-state index contributed by atoms with van der Waals surface area (Å²) in [5, 5.41) is 6.85. The van der Waals surface area contributed by atoms with Crippen LogP contribution in [0.15, 0.2) is 29.3 Å². The first kappa shape index (κ1) is 21.4. The molecule has 3 aliphatic rings. The minimum Gasteiger partial charge on any atom is -0.356 e. The van der Waals surface area contributed by atoms with Gasteiger partial charge in [-0.2, -0.15) is 0 Å². The van der Waals surface area contributed by atoms with Crippen LogP contribution in [0.4, 0.5) is 4.39 Å². The molecule has 2 bridgehead atoms. The highest BCUT2D eigenvalue weighted by molar-refractivity contribution is 14.0. The van der Waals surface area contributed by atoms with Crippen molar-refractivity contribution >= 4 is 29.9 Å². The number of rotatable bonds is 5. The van der Waals surface area contributed by atoms with Crippen molar-refractivity contribution in [2.75, 3.05) is 52.9 Å². The molecule has 3 aliphatic heterocycles. The lowest BCUT2D eigenvalue weighted by Crippen LogP contribution is -2.64. The van der Waals surface area contributed by atoms with Gasteiger partial charge in [0.05, 0.1) is 0 Å². The van der Waals surface area contributed by atoms with E-state index in [-0.39, 0.29) is 35.2 Å². The van der Waals surface area contributed by atoms with Crippen molar-refractivity contribution in [1.82, 2.24) is 20.4 Å². The van der Waals surface area contributed by atoms with Crippen LogP contribution in [-0.4, -0.2) is 74.7 Å². The lowest BCUT2D eigenvalue weighted by Gasteiger charge is -2.47.